The van der Waals surface area contributed by atoms with Gasteiger partial charge < -0.3 is 5.32 Å². The van der Waals surface area contributed by atoms with Gasteiger partial charge in [0.15, 0.2) is 0 Å². The van der Waals surface area contributed by atoms with Gasteiger partial charge in [0.2, 0.25) is 0 Å². The zero-order chi connectivity index (χ0) is 13.8. The SMILES string of the molecule is Cc1ccc(CNCc2c(Cl)ccc(Cl)c2Cl)cn1. The smallest absolute Gasteiger partial charge is 0.0652 e. The van der Waals surface area contributed by atoms with Crippen LogP contribution in [0.1, 0.15) is 16.8 Å². The minimum atomic E-state index is 0.503. The van der Waals surface area contributed by atoms with Crippen LogP contribution in [0.3, 0.4) is 0 Å². The van der Waals surface area contributed by atoms with Crippen LogP contribution in [0.25, 0.3) is 0 Å². The molecule has 2 aromatic rings. The molecule has 0 radical (unpaired) electrons. The number of nitrogens with one attached hydrogen (secondary N) is 1. The lowest BCUT2D eigenvalue weighted by Crippen LogP contribution is -2.13. The molecule has 0 aliphatic rings. The van der Waals surface area contributed by atoms with Gasteiger partial charge in [0.1, 0.15) is 0 Å². The highest BCUT2D eigenvalue weighted by molar-refractivity contribution is 6.44. The molecule has 0 aliphatic heterocycles. The summed E-state index contributed by atoms with van der Waals surface area (Å²) in [6.07, 6.45) is 1.85. The molecule has 100 valence electrons. The Kier molecular flexibility index (Phi) is 5.06. The Hall–Kier alpha value is -0.800. The van der Waals surface area contributed by atoms with E-state index >= 15 is 0 Å². The fourth-order valence-electron chi connectivity index (χ4n) is 1.67. The molecule has 0 saturated heterocycles. The average Bonchev–Trinajstić information content (AvgIpc) is 2.40. The van der Waals surface area contributed by atoms with Crippen LogP contribution in [0.2, 0.25) is 15.1 Å². The Labute approximate surface area is 127 Å². The van der Waals surface area contributed by atoms with Crippen molar-refractivity contribution < 1.29 is 0 Å². The lowest BCUT2D eigenvalue weighted by atomic mass is 10.2. The van der Waals surface area contributed by atoms with Crippen molar-refractivity contribution in [2.45, 2.75) is 20.0 Å². The second kappa shape index (κ2) is 6.58. The van der Waals surface area contributed by atoms with Crippen molar-refractivity contribution in [3.63, 3.8) is 0 Å². The number of hydrogen-bond donors (Lipinski definition) is 1. The molecule has 0 bridgehead atoms. The molecule has 0 spiro atoms. The molecule has 1 aromatic carbocycles. The highest BCUT2D eigenvalue weighted by Gasteiger charge is 2.09. The predicted molar refractivity (Wildman–Crippen MR) is 81.0 cm³/mol. The first-order chi connectivity index (χ1) is 9.08. The van der Waals surface area contributed by atoms with E-state index in [9.17, 15) is 0 Å². The van der Waals surface area contributed by atoms with Gasteiger partial charge in [-0.3, -0.25) is 4.98 Å². The molecule has 5 heteroatoms. The van der Waals surface area contributed by atoms with Gasteiger partial charge in [0.25, 0.3) is 0 Å². The minimum Gasteiger partial charge on any atom is -0.308 e. The molecule has 1 heterocycles. The number of nitrogens with zero attached hydrogens (tertiary/aromatic N) is 1. The van der Waals surface area contributed by atoms with Crippen LogP contribution in [-0.2, 0) is 13.1 Å². The third-order valence-corrected chi connectivity index (χ3v) is 3.94. The maximum Gasteiger partial charge on any atom is 0.0652 e. The van der Waals surface area contributed by atoms with Gasteiger partial charge in [0, 0.05) is 35.6 Å². The topological polar surface area (TPSA) is 24.9 Å². The van der Waals surface area contributed by atoms with Crippen molar-refractivity contribution in [1.82, 2.24) is 10.3 Å². The van der Waals surface area contributed by atoms with Crippen molar-refractivity contribution in [2.24, 2.45) is 0 Å². The van der Waals surface area contributed by atoms with E-state index in [1.807, 2.05) is 25.3 Å². The summed E-state index contributed by atoms with van der Waals surface area (Å²) >= 11 is 18.2. The second-order valence-electron chi connectivity index (χ2n) is 4.23. The number of aromatic nitrogens is 1. The third-order valence-electron chi connectivity index (χ3n) is 2.74. The number of aryl methyl sites for hydroxylation is 1. The van der Waals surface area contributed by atoms with Gasteiger partial charge in [-0.25, -0.2) is 0 Å². The number of rotatable bonds is 4. The van der Waals surface area contributed by atoms with Crippen molar-refractivity contribution >= 4 is 34.8 Å². The van der Waals surface area contributed by atoms with Gasteiger partial charge in [0.05, 0.1) is 10.0 Å². The summed E-state index contributed by atoms with van der Waals surface area (Å²) in [5.74, 6) is 0. The number of pyridine rings is 1. The van der Waals surface area contributed by atoms with E-state index in [0.717, 1.165) is 16.8 Å². The van der Waals surface area contributed by atoms with E-state index in [1.54, 1.807) is 12.1 Å². The molecule has 0 fully saturated rings. The van der Waals surface area contributed by atoms with Crippen LogP contribution in [0.4, 0.5) is 0 Å². The summed E-state index contributed by atoms with van der Waals surface area (Å²) in [5.41, 5.74) is 2.93. The van der Waals surface area contributed by atoms with E-state index in [4.69, 9.17) is 34.8 Å². The van der Waals surface area contributed by atoms with Crippen LogP contribution in [0, 0.1) is 6.92 Å². The largest absolute Gasteiger partial charge is 0.308 e. The molecule has 2 nitrogen and oxygen atoms in total. The molecule has 19 heavy (non-hydrogen) atoms. The van der Waals surface area contributed by atoms with Gasteiger partial charge in [-0.1, -0.05) is 40.9 Å². The Morgan fingerprint density at radius 2 is 1.74 bits per heavy atom. The van der Waals surface area contributed by atoms with Crippen LogP contribution >= 0.6 is 34.8 Å². The molecular formula is C14H13Cl3N2. The van der Waals surface area contributed by atoms with Crippen molar-refractivity contribution in [2.75, 3.05) is 0 Å². The first-order valence-corrected chi connectivity index (χ1v) is 6.96. The molecule has 2 rings (SSSR count). The first kappa shape index (κ1) is 14.6. The van der Waals surface area contributed by atoms with Gasteiger partial charge in [-0.2, -0.15) is 0 Å². The minimum absolute atomic E-state index is 0.503. The Morgan fingerprint density at radius 1 is 1.00 bits per heavy atom. The fourth-order valence-corrected chi connectivity index (χ4v) is 2.35. The fraction of sp³-hybridized carbons (Fsp3) is 0.214. The van der Waals surface area contributed by atoms with E-state index in [0.29, 0.717) is 28.2 Å². The zero-order valence-electron chi connectivity index (χ0n) is 10.4. The molecule has 1 N–H and O–H groups in total. The third kappa shape index (κ3) is 3.83. The summed E-state index contributed by atoms with van der Waals surface area (Å²) in [4.78, 5) is 4.24. The highest BCUT2D eigenvalue weighted by Crippen LogP contribution is 2.31. The van der Waals surface area contributed by atoms with Gasteiger partial charge in [-0.05, 0) is 30.7 Å². The Bertz CT molecular complexity index is 568. The number of halogens is 3. The number of benzene rings is 1. The lowest BCUT2D eigenvalue weighted by molar-refractivity contribution is 0.691. The maximum absolute atomic E-state index is 6.13. The van der Waals surface area contributed by atoms with E-state index < -0.39 is 0 Å². The summed E-state index contributed by atoms with van der Waals surface area (Å²) in [7, 11) is 0. The molecular weight excluding hydrogens is 303 g/mol. The van der Waals surface area contributed by atoms with Crippen LogP contribution in [0.15, 0.2) is 30.5 Å². The summed E-state index contributed by atoms with van der Waals surface area (Å²) in [6.45, 7) is 3.22. The molecule has 0 aliphatic carbocycles. The van der Waals surface area contributed by atoms with Crippen molar-refractivity contribution in [1.29, 1.82) is 0 Å². The molecule has 0 unspecified atom stereocenters. The van der Waals surface area contributed by atoms with Crippen LogP contribution < -0.4 is 5.32 Å². The molecule has 0 amide bonds. The predicted octanol–water partition coefficient (Wildman–Crippen LogP) is 4.64. The average molecular weight is 316 g/mol. The second-order valence-corrected chi connectivity index (χ2v) is 5.43. The quantitative estimate of drug-likeness (QED) is 0.831. The highest BCUT2D eigenvalue weighted by atomic mass is 35.5. The van der Waals surface area contributed by atoms with Gasteiger partial charge in [-0.15, -0.1) is 0 Å². The molecule has 1 aromatic heterocycles. The molecule has 0 saturated carbocycles. The summed E-state index contributed by atoms with van der Waals surface area (Å²) < 4.78 is 0. The van der Waals surface area contributed by atoms with Crippen LogP contribution in [-0.4, -0.2) is 4.98 Å². The lowest BCUT2D eigenvalue weighted by Gasteiger charge is -2.10. The van der Waals surface area contributed by atoms with Crippen molar-refractivity contribution in [3.05, 3.63) is 62.4 Å². The van der Waals surface area contributed by atoms with Crippen molar-refractivity contribution in [3.8, 4) is 0 Å². The first-order valence-electron chi connectivity index (χ1n) is 5.82. The molecule has 0 atom stereocenters. The Balaban J connectivity index is 2.00. The van der Waals surface area contributed by atoms with E-state index in [2.05, 4.69) is 10.3 Å². The summed E-state index contributed by atoms with van der Waals surface area (Å²) in [5, 5.41) is 4.91. The number of hydrogen-bond acceptors (Lipinski definition) is 2. The normalized spacial score (nSPS) is 10.7. The van der Waals surface area contributed by atoms with E-state index in [-0.39, 0.29) is 0 Å². The monoisotopic (exact) mass is 314 g/mol. The maximum atomic E-state index is 6.13. The Morgan fingerprint density at radius 3 is 2.42 bits per heavy atom. The van der Waals surface area contributed by atoms with E-state index in [1.165, 1.54) is 0 Å². The van der Waals surface area contributed by atoms with Gasteiger partial charge >= 0.3 is 0 Å². The van der Waals surface area contributed by atoms with Crippen LogP contribution in [0.5, 0.6) is 0 Å². The summed E-state index contributed by atoms with van der Waals surface area (Å²) in [6, 6.07) is 7.46. The standard InChI is InChI=1S/C14H13Cl3N2/c1-9-2-3-10(7-19-9)6-18-8-11-12(15)4-5-13(16)14(11)17/h2-5,7,18H,6,8H2,1H3. The zero-order valence-corrected chi connectivity index (χ0v) is 12.6.